The number of aliphatic carboxylic acids is 1. The van der Waals surface area contributed by atoms with Crippen molar-refractivity contribution in [3.63, 3.8) is 0 Å². The van der Waals surface area contributed by atoms with Crippen molar-refractivity contribution in [2.45, 2.75) is 12.5 Å². The first kappa shape index (κ1) is 10.1. The molecule has 0 amide bonds. The molecule has 1 radical (unpaired) electrons. The van der Waals surface area contributed by atoms with Crippen molar-refractivity contribution in [3.8, 4) is 0 Å². The lowest BCUT2D eigenvalue weighted by Crippen LogP contribution is -2.43. The van der Waals surface area contributed by atoms with Crippen LogP contribution < -0.4 is 0 Å². The summed E-state index contributed by atoms with van der Waals surface area (Å²) in [5.74, 6) is 0.755. The summed E-state index contributed by atoms with van der Waals surface area (Å²) < 4.78 is 0. The molecule has 3 aliphatic rings. The molecule has 5 unspecified atom stereocenters. The van der Waals surface area contributed by atoms with Crippen LogP contribution in [0.2, 0.25) is 0 Å². The smallest absolute Gasteiger partial charge is 0.320 e. The molecule has 0 aromatic heterocycles. The molecule has 3 rings (SSSR count). The number of hydrogen-bond acceptors (Lipinski definition) is 3. The lowest BCUT2D eigenvalue weighted by atomic mass is 9.81. The molecule has 1 saturated heterocycles. The van der Waals surface area contributed by atoms with Gasteiger partial charge < -0.3 is 14.7 Å². The average Bonchev–Trinajstić information content (AvgIpc) is 2.85. The van der Waals surface area contributed by atoms with E-state index >= 15 is 0 Å². The van der Waals surface area contributed by atoms with Crippen molar-refractivity contribution in [1.29, 1.82) is 0 Å². The van der Waals surface area contributed by atoms with E-state index in [1.807, 2.05) is 0 Å². The first-order valence-corrected chi connectivity index (χ1v) is 5.68. The van der Waals surface area contributed by atoms with Gasteiger partial charge in [0.25, 0.3) is 7.41 Å². The van der Waals surface area contributed by atoms with Crippen molar-refractivity contribution < 1.29 is 14.7 Å². The third-order valence-electron chi connectivity index (χ3n) is 4.34. The molecule has 83 valence electrons. The lowest BCUT2D eigenvalue weighted by molar-refractivity contribution is -0.142. The summed E-state index contributed by atoms with van der Waals surface area (Å²) in [6.07, 6.45) is 6.17. The van der Waals surface area contributed by atoms with Gasteiger partial charge in [-0.05, 0) is 36.6 Å². The Morgan fingerprint density at radius 1 is 1.44 bits per heavy atom. The summed E-state index contributed by atoms with van der Waals surface area (Å²) in [6, 6.07) is -0.504. The molecule has 2 aliphatic carbocycles. The largest absolute Gasteiger partial charge is 0.480 e. The van der Waals surface area contributed by atoms with Crippen LogP contribution in [-0.2, 0) is 9.59 Å². The van der Waals surface area contributed by atoms with Gasteiger partial charge in [0.15, 0.2) is 0 Å². The Balaban J connectivity index is 1.89. The van der Waals surface area contributed by atoms with E-state index in [2.05, 4.69) is 12.2 Å². The molecule has 1 N–H and O–H groups in total. The highest BCUT2D eigenvalue weighted by molar-refractivity contribution is 6.64. The highest BCUT2D eigenvalue weighted by atomic mass is 16.4. The molecule has 2 bridgehead atoms. The maximum atomic E-state index is 11.3. The zero-order chi connectivity index (χ0) is 11.3. The number of fused-ring (bicyclic) bond motifs is 5. The highest BCUT2D eigenvalue weighted by Crippen LogP contribution is 2.53. The van der Waals surface area contributed by atoms with E-state index in [9.17, 15) is 14.7 Å². The minimum atomic E-state index is -0.799. The van der Waals surface area contributed by atoms with Gasteiger partial charge in [-0.15, -0.1) is 0 Å². The third-order valence-corrected chi connectivity index (χ3v) is 4.34. The number of nitrogens with zero attached hydrogens (tertiary/aromatic N) is 1. The minimum absolute atomic E-state index is 0.198. The summed E-state index contributed by atoms with van der Waals surface area (Å²) in [7, 11) is 1.39. The predicted molar refractivity (Wildman–Crippen MR) is 58.4 cm³/mol. The fourth-order valence-corrected chi connectivity index (χ4v) is 3.80. The summed E-state index contributed by atoms with van der Waals surface area (Å²) in [6.45, 7) is 0.714. The van der Waals surface area contributed by atoms with Crippen LogP contribution in [0.5, 0.6) is 0 Å². The van der Waals surface area contributed by atoms with Gasteiger partial charge in [0, 0.05) is 0 Å². The molecule has 1 saturated carbocycles. The third kappa shape index (κ3) is 1.21. The van der Waals surface area contributed by atoms with Crippen molar-refractivity contribution in [2.75, 3.05) is 6.54 Å². The first-order valence-electron chi connectivity index (χ1n) is 5.68. The molecule has 1 aliphatic heterocycles. The van der Waals surface area contributed by atoms with Gasteiger partial charge in [-0.1, -0.05) is 12.2 Å². The molecule has 0 spiro atoms. The lowest BCUT2D eigenvalue weighted by Gasteiger charge is -2.25. The Hall–Kier alpha value is -1.10. The van der Waals surface area contributed by atoms with Gasteiger partial charge in [0.1, 0.15) is 6.04 Å². The van der Waals surface area contributed by atoms with E-state index in [-0.39, 0.29) is 5.92 Å². The van der Waals surface area contributed by atoms with Crippen molar-refractivity contribution in [3.05, 3.63) is 12.2 Å². The van der Waals surface area contributed by atoms with Gasteiger partial charge in [-0.2, -0.15) is 0 Å². The Morgan fingerprint density at radius 3 is 2.88 bits per heavy atom. The Morgan fingerprint density at radius 2 is 2.19 bits per heavy atom. The number of rotatable bonds is 3. The second-order valence-electron chi connectivity index (χ2n) is 4.95. The van der Waals surface area contributed by atoms with Crippen LogP contribution in [-0.4, -0.2) is 42.1 Å². The SMILES string of the molecule is O=C[B]N1CC2C3C=CC(C3)C2C1C(=O)O. The average molecular weight is 218 g/mol. The van der Waals surface area contributed by atoms with E-state index in [0.717, 1.165) is 6.42 Å². The Labute approximate surface area is 94.6 Å². The van der Waals surface area contributed by atoms with Crippen molar-refractivity contribution >= 4 is 19.6 Å². The standard InChI is InChI=1S/C11H13BNO3/c14-5-12-13-4-8-6-1-2-7(3-6)9(8)10(13)11(15)16/h1-2,5-10H,3-4H2,(H,15,16). The van der Waals surface area contributed by atoms with Gasteiger partial charge in [0.05, 0.1) is 6.19 Å². The number of allylic oxidation sites excluding steroid dienone is 2. The number of carboxylic acid groups (broad SMARTS) is 1. The van der Waals surface area contributed by atoms with Crippen LogP contribution in [0.1, 0.15) is 6.42 Å². The first-order chi connectivity index (χ1) is 7.72. The molecule has 0 aromatic carbocycles. The van der Waals surface area contributed by atoms with E-state index in [1.54, 1.807) is 4.81 Å². The van der Waals surface area contributed by atoms with Gasteiger partial charge in [0.2, 0.25) is 0 Å². The maximum absolute atomic E-state index is 11.3. The fourth-order valence-electron chi connectivity index (χ4n) is 3.80. The molecule has 1 heterocycles. The van der Waals surface area contributed by atoms with Crippen LogP contribution >= 0.6 is 0 Å². The molecule has 16 heavy (non-hydrogen) atoms. The summed E-state index contributed by atoms with van der Waals surface area (Å²) >= 11 is 0. The van der Waals surface area contributed by atoms with Crippen molar-refractivity contribution in [1.82, 2.24) is 4.81 Å². The fraction of sp³-hybridized carbons (Fsp3) is 0.636. The van der Waals surface area contributed by atoms with E-state index in [0.29, 0.717) is 30.5 Å². The van der Waals surface area contributed by atoms with Crippen LogP contribution in [0, 0.1) is 23.7 Å². The summed E-state index contributed by atoms with van der Waals surface area (Å²) in [4.78, 5) is 23.5. The Bertz CT molecular complexity index is 370. The molecule has 4 nitrogen and oxygen atoms in total. The van der Waals surface area contributed by atoms with Crippen molar-refractivity contribution in [2.24, 2.45) is 23.7 Å². The van der Waals surface area contributed by atoms with E-state index in [4.69, 9.17) is 0 Å². The number of carbonyl (C=O) groups is 2. The van der Waals surface area contributed by atoms with E-state index in [1.165, 1.54) is 7.41 Å². The molecule has 0 aromatic rings. The van der Waals surface area contributed by atoms with Crippen LogP contribution in [0.15, 0.2) is 12.2 Å². The van der Waals surface area contributed by atoms with Crippen LogP contribution in [0.4, 0.5) is 0 Å². The number of hydrogen-bond donors (Lipinski definition) is 1. The minimum Gasteiger partial charge on any atom is -0.480 e. The van der Waals surface area contributed by atoms with Crippen LogP contribution in [0.25, 0.3) is 0 Å². The molecule has 5 heteroatoms. The molecule has 5 atom stereocenters. The zero-order valence-electron chi connectivity index (χ0n) is 8.82. The molecular formula is C11H13BNO3. The second kappa shape index (κ2) is 3.45. The molecule has 2 fully saturated rings. The predicted octanol–water partition coefficient (Wildman–Crippen LogP) is 0.00290. The van der Waals surface area contributed by atoms with E-state index < -0.39 is 12.0 Å². The summed E-state index contributed by atoms with van der Waals surface area (Å²) in [5.41, 5.74) is 0. The second-order valence-corrected chi connectivity index (χ2v) is 4.95. The summed E-state index contributed by atoms with van der Waals surface area (Å²) in [5, 5.41) is 9.28. The molecular weight excluding hydrogens is 205 g/mol. The number of carboxylic acids is 1. The highest BCUT2D eigenvalue weighted by Gasteiger charge is 2.56. The van der Waals surface area contributed by atoms with Crippen LogP contribution in [0.3, 0.4) is 0 Å². The van der Waals surface area contributed by atoms with Gasteiger partial charge >= 0.3 is 5.97 Å². The van der Waals surface area contributed by atoms with Gasteiger partial charge in [-0.3, -0.25) is 4.79 Å². The number of carbonyl (C=O) groups excluding carboxylic acids is 1. The zero-order valence-corrected chi connectivity index (χ0v) is 8.82. The normalized spacial score (nSPS) is 44.6. The monoisotopic (exact) mass is 218 g/mol. The Kier molecular flexibility index (Phi) is 2.17. The van der Waals surface area contributed by atoms with Gasteiger partial charge in [-0.25, -0.2) is 0 Å². The quantitative estimate of drug-likeness (QED) is 0.411. The topological polar surface area (TPSA) is 57.6 Å². The maximum Gasteiger partial charge on any atom is 0.320 e.